The normalized spacial score (nSPS) is 18.2. The molecule has 0 saturated heterocycles. The fourth-order valence-electron chi connectivity index (χ4n) is 3.53. The Morgan fingerprint density at radius 2 is 1.69 bits per heavy atom. The highest BCUT2D eigenvalue weighted by Crippen LogP contribution is 2.19. The van der Waals surface area contributed by atoms with E-state index in [4.69, 9.17) is 0 Å². The third kappa shape index (κ3) is 8.39. The fourth-order valence-corrected chi connectivity index (χ4v) is 3.53. The SMILES string of the molecule is CC.CC.CC.CC1=C/CC=CC/C(C)=C\1NCc1cc(=O)n2[nH]c(C3=CC=CC=CC3)nc2n1. The molecule has 0 amide bonds. The van der Waals surface area contributed by atoms with Crippen molar-refractivity contribution in [3.63, 3.8) is 0 Å². The van der Waals surface area contributed by atoms with Gasteiger partial charge in [-0.1, -0.05) is 90.2 Å². The van der Waals surface area contributed by atoms with Crippen LogP contribution in [0.1, 0.15) is 86.2 Å². The van der Waals surface area contributed by atoms with Crippen LogP contribution in [-0.4, -0.2) is 19.6 Å². The molecule has 2 aromatic heterocycles. The monoisotopic (exact) mass is 477 g/mol. The maximum absolute atomic E-state index is 12.6. The largest absolute Gasteiger partial charge is 0.379 e. The predicted molar refractivity (Wildman–Crippen MR) is 150 cm³/mol. The van der Waals surface area contributed by atoms with Gasteiger partial charge in [0.15, 0.2) is 5.82 Å². The van der Waals surface area contributed by atoms with Gasteiger partial charge < -0.3 is 5.32 Å². The molecule has 0 spiro atoms. The zero-order valence-electron chi connectivity index (χ0n) is 22.8. The lowest BCUT2D eigenvalue weighted by Gasteiger charge is -2.16. The van der Waals surface area contributed by atoms with E-state index in [2.05, 4.69) is 58.5 Å². The van der Waals surface area contributed by atoms with Gasteiger partial charge in [0.05, 0.1) is 12.2 Å². The van der Waals surface area contributed by atoms with Gasteiger partial charge in [-0.25, -0.2) is 4.98 Å². The molecule has 6 heteroatoms. The van der Waals surface area contributed by atoms with Gasteiger partial charge in [-0.15, -0.1) is 0 Å². The Hall–Kier alpha value is -3.41. The minimum Gasteiger partial charge on any atom is -0.379 e. The molecule has 0 bridgehead atoms. The van der Waals surface area contributed by atoms with Crippen LogP contribution >= 0.6 is 0 Å². The highest BCUT2D eigenvalue weighted by Gasteiger charge is 2.12. The molecule has 2 heterocycles. The van der Waals surface area contributed by atoms with Crippen molar-refractivity contribution in [3.8, 4) is 0 Å². The Balaban J connectivity index is 0.000000949. The van der Waals surface area contributed by atoms with Crippen molar-refractivity contribution >= 4 is 11.4 Å². The second kappa shape index (κ2) is 16.3. The standard InChI is InChI=1S/C23H25N5O.3C2H6/c1-16-10-6-5-7-11-17(2)21(16)24-15-19-14-20(29)28-23(25-19)26-22(27-28)18-12-8-3-4-9-13-18;3*1-2/h3-6,8-9,11-12,14,24H,7,10,13,15H2,1-2H3,(H,25,26,27);3*1-2H3/b6-5?,17-11-,21-16+;;;. The first-order chi connectivity index (χ1) is 17.1. The Morgan fingerprint density at radius 3 is 2.43 bits per heavy atom. The molecule has 0 aromatic carbocycles. The molecule has 0 fully saturated rings. The predicted octanol–water partition coefficient (Wildman–Crippen LogP) is 7.06. The average molecular weight is 478 g/mol. The molecule has 6 nitrogen and oxygen atoms in total. The molecular weight excluding hydrogens is 434 g/mol. The lowest BCUT2D eigenvalue weighted by Crippen LogP contribution is -2.21. The van der Waals surface area contributed by atoms with E-state index < -0.39 is 0 Å². The van der Waals surface area contributed by atoms with Crippen LogP contribution in [0.5, 0.6) is 0 Å². The van der Waals surface area contributed by atoms with Gasteiger partial charge >= 0.3 is 0 Å². The van der Waals surface area contributed by atoms with E-state index in [1.54, 1.807) is 6.07 Å². The van der Waals surface area contributed by atoms with Gasteiger partial charge in [-0.3, -0.25) is 9.89 Å². The quantitative estimate of drug-likeness (QED) is 0.462. The minimum absolute atomic E-state index is 0.163. The van der Waals surface area contributed by atoms with E-state index in [1.165, 1.54) is 15.7 Å². The van der Waals surface area contributed by atoms with Gasteiger partial charge in [-0.05, 0) is 44.3 Å². The first-order valence-corrected chi connectivity index (χ1v) is 12.9. The smallest absolute Gasteiger partial charge is 0.274 e. The molecule has 0 atom stereocenters. The van der Waals surface area contributed by atoms with Crippen molar-refractivity contribution in [2.24, 2.45) is 0 Å². The van der Waals surface area contributed by atoms with Gasteiger partial charge in [0.2, 0.25) is 0 Å². The lowest BCUT2D eigenvalue weighted by molar-refractivity contribution is 0.764. The van der Waals surface area contributed by atoms with Crippen LogP contribution in [0.15, 0.2) is 76.3 Å². The first kappa shape index (κ1) is 29.6. The van der Waals surface area contributed by atoms with E-state index in [-0.39, 0.29) is 5.56 Å². The molecule has 2 aliphatic rings. The van der Waals surface area contributed by atoms with Gasteiger partial charge in [0, 0.05) is 17.3 Å². The number of hydrogen-bond acceptors (Lipinski definition) is 4. The number of allylic oxidation sites excluding steroid dienone is 11. The fraction of sp³-hybridized carbons (Fsp3) is 0.414. The molecule has 0 saturated carbocycles. The van der Waals surface area contributed by atoms with Crippen LogP contribution in [-0.2, 0) is 6.54 Å². The van der Waals surface area contributed by atoms with E-state index in [1.807, 2.05) is 65.8 Å². The molecule has 0 aliphatic heterocycles. The third-order valence-electron chi connectivity index (χ3n) is 5.10. The Morgan fingerprint density at radius 1 is 0.943 bits per heavy atom. The highest BCUT2D eigenvalue weighted by molar-refractivity contribution is 5.64. The summed E-state index contributed by atoms with van der Waals surface area (Å²) in [5.74, 6) is 1.06. The number of nitrogens with zero attached hydrogens (tertiary/aromatic N) is 3. The molecule has 190 valence electrons. The van der Waals surface area contributed by atoms with E-state index in [9.17, 15) is 4.79 Å². The Kier molecular flexibility index (Phi) is 13.8. The van der Waals surface area contributed by atoms with Crippen molar-refractivity contribution in [1.29, 1.82) is 0 Å². The van der Waals surface area contributed by atoms with Crippen LogP contribution in [0, 0.1) is 0 Å². The summed E-state index contributed by atoms with van der Waals surface area (Å²) >= 11 is 0. The van der Waals surface area contributed by atoms with Crippen LogP contribution in [0.2, 0.25) is 0 Å². The second-order valence-corrected chi connectivity index (χ2v) is 7.31. The molecule has 4 rings (SSSR count). The van der Waals surface area contributed by atoms with Crippen molar-refractivity contribution in [3.05, 3.63) is 93.4 Å². The summed E-state index contributed by atoms with van der Waals surface area (Å²) in [4.78, 5) is 21.7. The number of aromatic amines is 1. The van der Waals surface area contributed by atoms with E-state index in [0.29, 0.717) is 23.8 Å². The summed E-state index contributed by atoms with van der Waals surface area (Å²) in [6.07, 6.45) is 19.2. The van der Waals surface area contributed by atoms with Crippen LogP contribution in [0.4, 0.5) is 0 Å². The minimum atomic E-state index is -0.163. The van der Waals surface area contributed by atoms with E-state index >= 15 is 0 Å². The Labute approximate surface area is 211 Å². The molecule has 0 unspecified atom stereocenters. The molecule has 0 radical (unpaired) electrons. The molecule has 35 heavy (non-hydrogen) atoms. The number of aromatic nitrogens is 4. The van der Waals surface area contributed by atoms with Crippen LogP contribution in [0.25, 0.3) is 11.4 Å². The summed E-state index contributed by atoms with van der Waals surface area (Å²) in [5.41, 5.74) is 5.15. The van der Waals surface area contributed by atoms with Gasteiger partial charge in [0.25, 0.3) is 11.3 Å². The number of rotatable bonds is 4. The summed E-state index contributed by atoms with van der Waals surface area (Å²) in [6, 6.07) is 1.56. The second-order valence-electron chi connectivity index (χ2n) is 7.31. The topological polar surface area (TPSA) is 75.1 Å². The molecule has 2 N–H and O–H groups in total. The van der Waals surface area contributed by atoms with Crippen molar-refractivity contribution in [1.82, 2.24) is 24.9 Å². The van der Waals surface area contributed by atoms with Crippen molar-refractivity contribution in [2.75, 3.05) is 0 Å². The maximum Gasteiger partial charge on any atom is 0.274 e. The zero-order chi connectivity index (χ0) is 26.2. The summed E-state index contributed by atoms with van der Waals surface area (Å²) in [5, 5.41) is 6.55. The van der Waals surface area contributed by atoms with E-state index in [0.717, 1.165) is 30.5 Å². The maximum atomic E-state index is 12.6. The third-order valence-corrected chi connectivity index (χ3v) is 5.10. The lowest BCUT2D eigenvalue weighted by atomic mass is 10.0. The summed E-state index contributed by atoms with van der Waals surface area (Å²) < 4.78 is 1.40. The number of fused-ring (bicyclic) bond motifs is 1. The van der Waals surface area contributed by atoms with Gasteiger partial charge in [0.1, 0.15) is 0 Å². The molecule has 2 aromatic rings. The number of nitrogens with one attached hydrogen (secondary N) is 2. The van der Waals surface area contributed by atoms with Crippen LogP contribution < -0.4 is 10.9 Å². The van der Waals surface area contributed by atoms with Crippen molar-refractivity contribution < 1.29 is 0 Å². The van der Waals surface area contributed by atoms with Crippen LogP contribution in [0.3, 0.4) is 0 Å². The molecule has 2 aliphatic carbocycles. The zero-order valence-corrected chi connectivity index (χ0v) is 22.8. The Bertz CT molecular complexity index is 1170. The van der Waals surface area contributed by atoms with Gasteiger partial charge in [-0.2, -0.15) is 9.50 Å². The average Bonchev–Trinajstić information content (AvgIpc) is 3.13. The molecular formula is C29H43N5O. The first-order valence-electron chi connectivity index (χ1n) is 12.9. The number of hydrogen-bond donors (Lipinski definition) is 2. The number of H-pyrrole nitrogens is 1. The highest BCUT2D eigenvalue weighted by atomic mass is 16.1. The summed E-state index contributed by atoms with van der Waals surface area (Å²) in [7, 11) is 0. The van der Waals surface area contributed by atoms with Crippen molar-refractivity contribution in [2.45, 2.75) is 81.2 Å². The summed E-state index contributed by atoms with van der Waals surface area (Å²) in [6.45, 7) is 16.7.